The molecule has 3 fully saturated rings. The van der Waals surface area contributed by atoms with Crippen LogP contribution < -0.4 is 4.74 Å². The summed E-state index contributed by atoms with van der Waals surface area (Å²) in [6, 6.07) is 6.35. The van der Waals surface area contributed by atoms with Gasteiger partial charge in [-0.2, -0.15) is 0 Å². The van der Waals surface area contributed by atoms with E-state index in [0.29, 0.717) is 42.9 Å². The van der Waals surface area contributed by atoms with E-state index in [-0.39, 0.29) is 23.4 Å². The molecule has 2 bridgehead atoms. The molecule has 1 aromatic carbocycles. The van der Waals surface area contributed by atoms with Crippen LogP contribution in [-0.4, -0.2) is 73.7 Å². The molecule has 2 amide bonds. The molecule has 3 aliphatic heterocycles. The molecule has 35 heavy (non-hydrogen) atoms. The molecule has 1 aromatic heterocycles. The topological polar surface area (TPSA) is 103 Å². The number of nitrogens with zero attached hydrogens (tertiary/aromatic N) is 3. The molecular weight excluding hydrogens is 446 g/mol. The Balaban J connectivity index is 1.28. The zero-order valence-corrected chi connectivity index (χ0v) is 19.3. The van der Waals surface area contributed by atoms with Gasteiger partial charge in [-0.15, -0.1) is 0 Å². The fraction of sp³-hybridized carbons (Fsp3) is 0.519. The third-order valence-corrected chi connectivity index (χ3v) is 9.74. The van der Waals surface area contributed by atoms with Crippen molar-refractivity contribution in [1.29, 1.82) is 0 Å². The van der Waals surface area contributed by atoms with Gasteiger partial charge in [-0.3, -0.25) is 24.4 Å². The van der Waals surface area contributed by atoms with Crippen LogP contribution >= 0.6 is 0 Å². The maximum atomic E-state index is 13.4. The number of piperidine rings is 1. The average Bonchev–Trinajstić information content (AvgIpc) is 3.54. The number of imide groups is 1. The summed E-state index contributed by atoms with van der Waals surface area (Å²) in [5, 5.41) is 23.4. The van der Waals surface area contributed by atoms with Gasteiger partial charge in [0.15, 0.2) is 11.5 Å². The number of carbonyl (C=O) groups excluding carboxylic acids is 2. The zero-order valence-electron chi connectivity index (χ0n) is 19.3. The fourth-order valence-corrected chi connectivity index (χ4v) is 8.11. The summed E-state index contributed by atoms with van der Waals surface area (Å²) in [4.78, 5) is 34.8. The molecule has 5 atom stereocenters. The van der Waals surface area contributed by atoms with Gasteiger partial charge in [0.1, 0.15) is 11.8 Å². The van der Waals surface area contributed by atoms with Crippen molar-refractivity contribution in [3.63, 3.8) is 0 Å². The van der Waals surface area contributed by atoms with Crippen molar-refractivity contribution < 1.29 is 24.5 Å². The molecule has 1 saturated heterocycles. The van der Waals surface area contributed by atoms with Gasteiger partial charge in [-0.25, -0.2) is 0 Å². The van der Waals surface area contributed by atoms with Gasteiger partial charge in [0.25, 0.3) is 11.8 Å². The predicted octanol–water partition coefficient (Wildman–Crippen LogP) is 2.02. The highest BCUT2D eigenvalue weighted by molar-refractivity contribution is 6.20. The van der Waals surface area contributed by atoms with Crippen LogP contribution in [0.15, 0.2) is 30.5 Å². The third-order valence-electron chi connectivity index (χ3n) is 9.74. The molecule has 0 radical (unpaired) electrons. The Morgan fingerprint density at radius 1 is 1.11 bits per heavy atom. The Kier molecular flexibility index (Phi) is 3.71. The van der Waals surface area contributed by atoms with E-state index in [1.165, 1.54) is 23.9 Å². The van der Waals surface area contributed by atoms with Gasteiger partial charge in [0.05, 0.1) is 22.6 Å². The van der Waals surface area contributed by atoms with Crippen molar-refractivity contribution in [2.24, 2.45) is 5.92 Å². The van der Waals surface area contributed by atoms with Gasteiger partial charge in [0.2, 0.25) is 0 Å². The normalized spacial score (nSPS) is 36.7. The van der Waals surface area contributed by atoms with E-state index in [1.54, 1.807) is 18.2 Å². The lowest BCUT2D eigenvalue weighted by molar-refractivity contribution is -0.196. The minimum absolute atomic E-state index is 0.0456. The van der Waals surface area contributed by atoms with Crippen LogP contribution in [0.4, 0.5) is 0 Å². The first-order chi connectivity index (χ1) is 16.9. The van der Waals surface area contributed by atoms with Gasteiger partial charge < -0.3 is 14.9 Å². The Morgan fingerprint density at radius 3 is 2.77 bits per heavy atom. The first-order valence-corrected chi connectivity index (χ1v) is 12.8. The highest BCUT2D eigenvalue weighted by Crippen LogP contribution is 2.66. The number of rotatable bonds is 3. The molecule has 8 heteroatoms. The Morgan fingerprint density at radius 2 is 1.97 bits per heavy atom. The number of aromatic nitrogens is 1. The number of pyridine rings is 1. The highest BCUT2D eigenvalue weighted by atomic mass is 16.5. The van der Waals surface area contributed by atoms with Crippen LogP contribution in [0.2, 0.25) is 0 Å². The standard InChI is InChI=1S/C27H27N3O5/c31-18-6-5-15-12-19-27(34)8-7-17(30-24(32)16-2-1-10-28-21(16)25(30)33)23-26(27,20(15)22(18)35-23)9-11-29(19)13-14-3-4-14/h1-2,5-6,10,14,17,19,23,31,34H,3-4,7-9,11-13H2/t17-,19-,23+,26+,27-/m1/s1. The monoisotopic (exact) mass is 473 g/mol. The SMILES string of the molecule is O=C1c2cccnc2C(=O)N1[C@@H]1CC[C@@]2(O)[C@H]3Cc4ccc(O)c5c4[C@@]2(CCN3CC2CC2)[C@H]1O5. The van der Waals surface area contributed by atoms with Crippen LogP contribution in [0, 0.1) is 5.92 Å². The maximum Gasteiger partial charge on any atom is 0.280 e. The highest BCUT2D eigenvalue weighted by Gasteiger charge is 2.74. The molecule has 8 rings (SSSR count). The van der Waals surface area contributed by atoms with Crippen molar-refractivity contribution in [3.05, 3.63) is 52.8 Å². The summed E-state index contributed by atoms with van der Waals surface area (Å²) >= 11 is 0. The van der Waals surface area contributed by atoms with Crippen molar-refractivity contribution in [3.8, 4) is 11.5 Å². The van der Waals surface area contributed by atoms with Crippen molar-refractivity contribution in [2.45, 2.75) is 67.7 Å². The van der Waals surface area contributed by atoms with Gasteiger partial charge in [0, 0.05) is 24.3 Å². The summed E-state index contributed by atoms with van der Waals surface area (Å²) in [6.07, 6.45) is 5.72. The number of phenols is 1. The lowest BCUT2D eigenvalue weighted by Gasteiger charge is -2.64. The molecule has 2 N–H and O–H groups in total. The van der Waals surface area contributed by atoms with Gasteiger partial charge in [-0.1, -0.05) is 6.07 Å². The molecule has 0 unspecified atom stereocenters. The number of hydrogen-bond acceptors (Lipinski definition) is 7. The number of aliphatic hydroxyl groups is 1. The second-order valence-electron chi connectivity index (χ2n) is 11.3. The van der Waals surface area contributed by atoms with E-state index in [9.17, 15) is 19.8 Å². The Bertz CT molecular complexity index is 1290. The number of ether oxygens (including phenoxy) is 1. The minimum Gasteiger partial charge on any atom is -0.504 e. The van der Waals surface area contributed by atoms with E-state index in [2.05, 4.69) is 9.88 Å². The molecule has 8 nitrogen and oxygen atoms in total. The summed E-state index contributed by atoms with van der Waals surface area (Å²) in [6.45, 7) is 1.83. The summed E-state index contributed by atoms with van der Waals surface area (Å²) in [5.41, 5.74) is 0.660. The quantitative estimate of drug-likeness (QED) is 0.658. The van der Waals surface area contributed by atoms with Crippen LogP contribution in [-0.2, 0) is 11.8 Å². The number of phenolic OH excluding ortho intramolecular Hbond substituents is 1. The number of hydrogen-bond donors (Lipinski definition) is 2. The molecule has 2 aromatic rings. The van der Waals surface area contributed by atoms with Gasteiger partial charge in [-0.05, 0) is 74.8 Å². The largest absolute Gasteiger partial charge is 0.504 e. The molecule has 1 spiro atoms. The lowest BCUT2D eigenvalue weighted by atomic mass is 9.48. The van der Waals surface area contributed by atoms with Crippen LogP contribution in [0.5, 0.6) is 11.5 Å². The van der Waals surface area contributed by atoms with E-state index >= 15 is 0 Å². The summed E-state index contributed by atoms with van der Waals surface area (Å²) in [5.74, 6) is 0.424. The maximum absolute atomic E-state index is 13.4. The van der Waals surface area contributed by atoms with Crippen molar-refractivity contribution in [2.75, 3.05) is 13.1 Å². The number of benzene rings is 1. The smallest absolute Gasteiger partial charge is 0.280 e. The van der Waals surface area contributed by atoms with Crippen LogP contribution in [0.3, 0.4) is 0 Å². The Hall–Kier alpha value is -2.97. The average molecular weight is 474 g/mol. The summed E-state index contributed by atoms with van der Waals surface area (Å²) in [7, 11) is 0. The first kappa shape index (κ1) is 20.2. The Labute approximate surface area is 202 Å². The second-order valence-corrected chi connectivity index (χ2v) is 11.3. The van der Waals surface area contributed by atoms with Crippen LogP contribution in [0.25, 0.3) is 0 Å². The zero-order chi connectivity index (χ0) is 23.7. The lowest BCUT2D eigenvalue weighted by Crippen LogP contribution is -2.78. The molecule has 180 valence electrons. The van der Waals surface area contributed by atoms with E-state index in [4.69, 9.17) is 4.74 Å². The summed E-state index contributed by atoms with van der Waals surface area (Å²) < 4.78 is 6.53. The third kappa shape index (κ3) is 2.28. The van der Waals surface area contributed by atoms with Crippen molar-refractivity contribution in [1.82, 2.24) is 14.8 Å². The number of aromatic hydroxyl groups is 1. The minimum atomic E-state index is -1.05. The van der Waals surface area contributed by atoms with Gasteiger partial charge >= 0.3 is 0 Å². The molecule has 2 saturated carbocycles. The number of amides is 2. The predicted molar refractivity (Wildman–Crippen MR) is 123 cm³/mol. The molecular formula is C27H27N3O5. The number of carbonyl (C=O) groups is 2. The van der Waals surface area contributed by atoms with Crippen molar-refractivity contribution >= 4 is 11.8 Å². The van der Waals surface area contributed by atoms with E-state index < -0.39 is 29.1 Å². The van der Waals surface area contributed by atoms with E-state index in [1.807, 2.05) is 6.07 Å². The fourth-order valence-electron chi connectivity index (χ4n) is 8.11. The molecule has 6 aliphatic rings. The first-order valence-electron chi connectivity index (χ1n) is 12.8. The van der Waals surface area contributed by atoms with E-state index in [0.717, 1.165) is 24.2 Å². The second kappa shape index (κ2) is 6.42. The number of likely N-dealkylation sites (tertiary alicyclic amines) is 1. The molecule has 4 heterocycles. The molecule has 3 aliphatic carbocycles. The number of fused-ring (bicyclic) bond motifs is 1. The van der Waals surface area contributed by atoms with Crippen LogP contribution in [0.1, 0.15) is 64.1 Å².